The van der Waals surface area contributed by atoms with Crippen LogP contribution in [-0.2, 0) is 4.74 Å². The molecule has 1 aliphatic carbocycles. The van der Waals surface area contributed by atoms with E-state index in [9.17, 15) is 0 Å². The third-order valence-electron chi connectivity index (χ3n) is 4.04. The Bertz CT molecular complexity index is 191. The molecule has 1 fully saturated rings. The number of hydrogen-bond donors (Lipinski definition) is 1. The van der Waals surface area contributed by atoms with Crippen molar-refractivity contribution in [1.29, 1.82) is 0 Å². The molecule has 0 aromatic rings. The molecule has 96 valence electrons. The van der Waals surface area contributed by atoms with Gasteiger partial charge >= 0.3 is 0 Å². The Morgan fingerprint density at radius 3 is 2.62 bits per heavy atom. The first-order chi connectivity index (χ1) is 7.61. The van der Waals surface area contributed by atoms with Gasteiger partial charge in [-0.1, -0.05) is 33.6 Å². The van der Waals surface area contributed by atoms with Crippen LogP contribution in [0.2, 0.25) is 0 Å². The minimum absolute atomic E-state index is 0.474. The van der Waals surface area contributed by atoms with E-state index < -0.39 is 0 Å². The van der Waals surface area contributed by atoms with Gasteiger partial charge in [0.2, 0.25) is 0 Å². The fourth-order valence-electron chi connectivity index (χ4n) is 3.09. The fourth-order valence-corrected chi connectivity index (χ4v) is 3.09. The van der Waals surface area contributed by atoms with E-state index in [0.29, 0.717) is 11.5 Å². The van der Waals surface area contributed by atoms with Gasteiger partial charge in [-0.3, -0.25) is 0 Å². The van der Waals surface area contributed by atoms with E-state index in [4.69, 9.17) is 4.74 Å². The molecule has 2 nitrogen and oxygen atoms in total. The van der Waals surface area contributed by atoms with Gasteiger partial charge in [-0.25, -0.2) is 0 Å². The summed E-state index contributed by atoms with van der Waals surface area (Å²) in [4.78, 5) is 0. The van der Waals surface area contributed by atoms with Crippen LogP contribution in [0.4, 0.5) is 0 Å². The monoisotopic (exact) mass is 227 g/mol. The SMILES string of the molecule is CCNC(COCC)C1CCCCC1(C)C. The predicted octanol–water partition coefficient (Wildman–Crippen LogP) is 3.22. The number of hydrogen-bond acceptors (Lipinski definition) is 2. The van der Waals surface area contributed by atoms with Crippen molar-refractivity contribution < 1.29 is 4.74 Å². The van der Waals surface area contributed by atoms with Crippen molar-refractivity contribution in [2.75, 3.05) is 19.8 Å². The second-order valence-electron chi connectivity index (χ2n) is 5.66. The van der Waals surface area contributed by atoms with Crippen LogP contribution in [0.3, 0.4) is 0 Å². The molecule has 0 aliphatic heterocycles. The Balaban J connectivity index is 2.59. The third kappa shape index (κ3) is 3.74. The Morgan fingerprint density at radius 1 is 1.31 bits per heavy atom. The average Bonchev–Trinajstić information content (AvgIpc) is 2.24. The first kappa shape index (κ1) is 14.0. The van der Waals surface area contributed by atoms with Crippen LogP contribution in [-0.4, -0.2) is 25.8 Å². The van der Waals surface area contributed by atoms with Crippen molar-refractivity contribution in [2.24, 2.45) is 11.3 Å². The lowest BCUT2D eigenvalue weighted by Crippen LogP contribution is -2.47. The van der Waals surface area contributed by atoms with E-state index in [0.717, 1.165) is 25.7 Å². The van der Waals surface area contributed by atoms with Gasteiger partial charge < -0.3 is 10.1 Å². The molecule has 0 heterocycles. The zero-order chi connectivity index (χ0) is 12.0. The molecule has 0 radical (unpaired) electrons. The molecule has 0 spiro atoms. The van der Waals surface area contributed by atoms with Gasteiger partial charge in [0, 0.05) is 12.6 Å². The molecule has 0 saturated heterocycles. The van der Waals surface area contributed by atoms with Crippen molar-refractivity contribution in [1.82, 2.24) is 5.32 Å². The maximum absolute atomic E-state index is 5.63. The molecule has 0 aromatic carbocycles. The summed E-state index contributed by atoms with van der Waals surface area (Å²) in [6, 6.07) is 0.542. The zero-order valence-electron chi connectivity index (χ0n) is 11.5. The molecule has 1 saturated carbocycles. The Kier molecular flexibility index (Phi) is 5.77. The second kappa shape index (κ2) is 6.61. The van der Waals surface area contributed by atoms with Crippen molar-refractivity contribution in [3.8, 4) is 0 Å². The lowest BCUT2D eigenvalue weighted by atomic mass is 9.66. The van der Waals surface area contributed by atoms with Crippen LogP contribution in [0.1, 0.15) is 53.4 Å². The molecule has 0 amide bonds. The molecule has 2 heteroatoms. The highest BCUT2D eigenvalue weighted by Gasteiger charge is 2.37. The van der Waals surface area contributed by atoms with Gasteiger partial charge in [0.15, 0.2) is 0 Å². The largest absolute Gasteiger partial charge is 0.380 e. The van der Waals surface area contributed by atoms with Gasteiger partial charge in [-0.05, 0) is 37.6 Å². The van der Waals surface area contributed by atoms with Crippen molar-refractivity contribution in [3.63, 3.8) is 0 Å². The van der Waals surface area contributed by atoms with E-state index >= 15 is 0 Å². The summed E-state index contributed by atoms with van der Waals surface area (Å²) >= 11 is 0. The lowest BCUT2D eigenvalue weighted by Gasteiger charge is -2.43. The van der Waals surface area contributed by atoms with Gasteiger partial charge in [-0.15, -0.1) is 0 Å². The summed E-state index contributed by atoms with van der Waals surface area (Å²) in [6.07, 6.45) is 5.52. The average molecular weight is 227 g/mol. The predicted molar refractivity (Wildman–Crippen MR) is 69.7 cm³/mol. The molecule has 16 heavy (non-hydrogen) atoms. The van der Waals surface area contributed by atoms with E-state index in [2.05, 4.69) is 33.0 Å². The van der Waals surface area contributed by atoms with Crippen LogP contribution in [0.25, 0.3) is 0 Å². The molecule has 0 aromatic heterocycles. The number of likely N-dealkylation sites (N-methyl/N-ethyl adjacent to an activating group) is 1. The number of rotatable bonds is 6. The van der Waals surface area contributed by atoms with E-state index in [1.165, 1.54) is 25.7 Å². The highest BCUT2D eigenvalue weighted by Crippen LogP contribution is 2.42. The highest BCUT2D eigenvalue weighted by molar-refractivity contribution is 4.90. The Labute approximate surface area is 101 Å². The van der Waals surface area contributed by atoms with E-state index in [1.807, 2.05) is 0 Å². The van der Waals surface area contributed by atoms with Crippen LogP contribution in [0.15, 0.2) is 0 Å². The molecular weight excluding hydrogens is 198 g/mol. The van der Waals surface area contributed by atoms with Crippen LogP contribution >= 0.6 is 0 Å². The summed E-state index contributed by atoms with van der Waals surface area (Å²) in [7, 11) is 0. The maximum atomic E-state index is 5.63. The molecule has 0 bridgehead atoms. The quantitative estimate of drug-likeness (QED) is 0.752. The van der Waals surface area contributed by atoms with Gasteiger partial charge in [0.25, 0.3) is 0 Å². The van der Waals surface area contributed by atoms with Crippen LogP contribution in [0, 0.1) is 11.3 Å². The minimum Gasteiger partial charge on any atom is -0.380 e. The minimum atomic E-state index is 0.474. The maximum Gasteiger partial charge on any atom is 0.0622 e. The van der Waals surface area contributed by atoms with Crippen molar-refractivity contribution >= 4 is 0 Å². The molecule has 1 N–H and O–H groups in total. The molecular formula is C14H29NO. The van der Waals surface area contributed by atoms with Crippen LogP contribution < -0.4 is 5.32 Å². The summed E-state index contributed by atoms with van der Waals surface area (Å²) in [5.41, 5.74) is 0.474. The van der Waals surface area contributed by atoms with Gasteiger partial charge in [0.05, 0.1) is 6.61 Å². The van der Waals surface area contributed by atoms with Crippen molar-refractivity contribution in [2.45, 2.75) is 59.4 Å². The lowest BCUT2D eigenvalue weighted by molar-refractivity contribution is 0.0409. The molecule has 2 atom stereocenters. The third-order valence-corrected chi connectivity index (χ3v) is 4.04. The molecule has 1 aliphatic rings. The summed E-state index contributed by atoms with van der Waals surface area (Å²) < 4.78 is 5.63. The second-order valence-corrected chi connectivity index (χ2v) is 5.66. The Hall–Kier alpha value is -0.0800. The number of nitrogens with one attached hydrogen (secondary N) is 1. The summed E-state index contributed by atoms with van der Waals surface area (Å²) in [6.45, 7) is 11.9. The molecule has 2 unspecified atom stereocenters. The van der Waals surface area contributed by atoms with Gasteiger partial charge in [-0.2, -0.15) is 0 Å². The first-order valence-electron chi connectivity index (χ1n) is 6.93. The summed E-state index contributed by atoms with van der Waals surface area (Å²) in [5.74, 6) is 0.771. The number of ether oxygens (including phenoxy) is 1. The fraction of sp³-hybridized carbons (Fsp3) is 1.00. The topological polar surface area (TPSA) is 21.3 Å². The highest BCUT2D eigenvalue weighted by atomic mass is 16.5. The Morgan fingerprint density at radius 2 is 2.06 bits per heavy atom. The van der Waals surface area contributed by atoms with E-state index in [1.54, 1.807) is 0 Å². The molecule has 1 rings (SSSR count). The van der Waals surface area contributed by atoms with Gasteiger partial charge in [0.1, 0.15) is 0 Å². The van der Waals surface area contributed by atoms with E-state index in [-0.39, 0.29) is 0 Å². The van der Waals surface area contributed by atoms with Crippen molar-refractivity contribution in [3.05, 3.63) is 0 Å². The summed E-state index contributed by atoms with van der Waals surface area (Å²) in [5, 5.41) is 3.62. The van der Waals surface area contributed by atoms with Crippen LogP contribution in [0.5, 0.6) is 0 Å². The zero-order valence-corrected chi connectivity index (χ0v) is 11.5. The normalized spacial score (nSPS) is 26.6. The standard InChI is InChI=1S/C14H29NO/c1-5-15-13(11-16-6-2)12-9-7-8-10-14(12,3)4/h12-13,15H,5-11H2,1-4H3. The first-order valence-corrected chi connectivity index (χ1v) is 6.93. The smallest absolute Gasteiger partial charge is 0.0622 e.